The van der Waals surface area contributed by atoms with E-state index in [1.54, 1.807) is 24.3 Å². The van der Waals surface area contributed by atoms with Crippen LogP contribution in [0.4, 0.5) is 22.0 Å². The maximum atomic E-state index is 13.8. The van der Waals surface area contributed by atoms with Crippen LogP contribution in [0.15, 0.2) is 56.1 Å². The van der Waals surface area contributed by atoms with Crippen LogP contribution in [0.5, 0.6) is 17.2 Å². The highest BCUT2D eigenvalue weighted by Crippen LogP contribution is 2.37. The van der Waals surface area contributed by atoms with Crippen LogP contribution in [0.2, 0.25) is 0 Å². The quantitative estimate of drug-likeness (QED) is 0.0626. The minimum atomic E-state index is -2.36. The fraction of sp³-hybridized carbons (Fsp3) is 0.111. The molecule has 0 spiro atoms. The van der Waals surface area contributed by atoms with Gasteiger partial charge in [0.25, 0.3) is 0 Å². The van der Waals surface area contributed by atoms with Gasteiger partial charge in [-0.2, -0.15) is 8.78 Å². The van der Waals surface area contributed by atoms with Crippen molar-refractivity contribution in [1.29, 1.82) is 0 Å². The molecule has 0 saturated carbocycles. The number of esters is 1. The molecule has 39 heavy (non-hydrogen) atoms. The molecule has 5 rings (SSSR count). The normalized spacial score (nSPS) is 11.3. The van der Waals surface area contributed by atoms with Crippen molar-refractivity contribution >= 4 is 27.9 Å². The molecular formula is C27H15F5O7. The Kier molecular flexibility index (Phi) is 6.46. The van der Waals surface area contributed by atoms with Crippen LogP contribution in [0.1, 0.15) is 5.56 Å². The monoisotopic (exact) mass is 546 g/mol. The zero-order valence-electron chi connectivity index (χ0n) is 20.0. The number of ether oxygens (including phenoxy) is 3. The van der Waals surface area contributed by atoms with Crippen LogP contribution < -0.4 is 19.8 Å². The zero-order valence-corrected chi connectivity index (χ0v) is 20.0. The van der Waals surface area contributed by atoms with Crippen LogP contribution in [0.3, 0.4) is 0 Å². The third-order valence-corrected chi connectivity index (χ3v) is 5.76. The fourth-order valence-corrected chi connectivity index (χ4v) is 3.93. The van der Waals surface area contributed by atoms with Gasteiger partial charge in [0.1, 0.15) is 17.1 Å². The van der Waals surface area contributed by atoms with E-state index in [4.69, 9.17) is 18.3 Å². The topological polar surface area (TPSA) is 88.1 Å². The maximum absolute atomic E-state index is 13.8. The zero-order chi connectivity index (χ0) is 28.0. The molecule has 2 aromatic heterocycles. The minimum absolute atomic E-state index is 0.0581. The van der Waals surface area contributed by atoms with E-state index in [2.05, 4.69) is 4.74 Å². The van der Waals surface area contributed by atoms with Crippen molar-refractivity contribution in [2.75, 3.05) is 13.7 Å². The molecule has 12 heteroatoms. The Morgan fingerprint density at radius 3 is 2.26 bits per heavy atom. The Labute approximate surface area is 214 Å². The first kappa shape index (κ1) is 25.8. The van der Waals surface area contributed by atoms with Gasteiger partial charge in [0.15, 0.2) is 23.7 Å². The lowest BCUT2D eigenvalue weighted by Crippen LogP contribution is -2.20. The van der Waals surface area contributed by atoms with E-state index in [1.165, 1.54) is 32.2 Å². The molecular weight excluding hydrogens is 531 g/mol. The highest BCUT2D eigenvalue weighted by atomic mass is 19.2. The van der Waals surface area contributed by atoms with Gasteiger partial charge in [0, 0.05) is 22.4 Å². The molecule has 0 unspecified atom stereocenters. The summed E-state index contributed by atoms with van der Waals surface area (Å²) in [5.41, 5.74) is 0.513. The van der Waals surface area contributed by atoms with Crippen molar-refractivity contribution in [2.45, 2.75) is 6.92 Å². The highest BCUT2D eigenvalue weighted by Gasteiger charge is 2.28. The van der Waals surface area contributed by atoms with Crippen molar-refractivity contribution in [3.05, 3.63) is 87.5 Å². The van der Waals surface area contributed by atoms with E-state index >= 15 is 0 Å². The first-order valence-electron chi connectivity index (χ1n) is 11.1. The van der Waals surface area contributed by atoms with Crippen LogP contribution in [0.25, 0.3) is 33.3 Å². The summed E-state index contributed by atoms with van der Waals surface area (Å²) < 4.78 is 93.9. The molecule has 0 radical (unpaired) electrons. The summed E-state index contributed by atoms with van der Waals surface area (Å²) in [5.74, 6) is -13.4. The van der Waals surface area contributed by atoms with Crippen molar-refractivity contribution in [1.82, 2.24) is 0 Å². The Balaban J connectivity index is 1.48. The minimum Gasteiger partial charge on any atom is -0.493 e. The van der Waals surface area contributed by atoms with Crippen LogP contribution in [-0.4, -0.2) is 19.7 Å². The summed E-state index contributed by atoms with van der Waals surface area (Å²) in [6.07, 6.45) is 0. The van der Waals surface area contributed by atoms with Gasteiger partial charge in [-0.3, -0.25) is 0 Å². The number of benzene rings is 3. The van der Waals surface area contributed by atoms with Crippen molar-refractivity contribution in [3.63, 3.8) is 0 Å². The summed E-state index contributed by atoms with van der Waals surface area (Å²) in [7, 11) is 1.47. The number of carbonyl (C=O) groups excluding carboxylic acids is 1. The van der Waals surface area contributed by atoms with Gasteiger partial charge in [-0.15, -0.1) is 0 Å². The van der Waals surface area contributed by atoms with Gasteiger partial charge in [-0.05, 0) is 36.8 Å². The van der Waals surface area contributed by atoms with E-state index < -0.39 is 53.0 Å². The molecule has 2 heterocycles. The number of hydrogen-bond donors (Lipinski definition) is 0. The molecule has 0 fully saturated rings. The average molecular weight is 546 g/mol. The maximum Gasteiger partial charge on any atom is 0.349 e. The van der Waals surface area contributed by atoms with Gasteiger partial charge in [-0.25, -0.2) is 22.8 Å². The Hall–Kier alpha value is -4.87. The average Bonchev–Trinajstić information content (AvgIpc) is 3.35. The second kappa shape index (κ2) is 9.78. The molecule has 0 aliphatic heterocycles. The third kappa shape index (κ3) is 4.54. The van der Waals surface area contributed by atoms with Gasteiger partial charge < -0.3 is 23.0 Å². The largest absolute Gasteiger partial charge is 0.493 e. The lowest BCUT2D eigenvalue weighted by Gasteiger charge is -2.12. The summed E-state index contributed by atoms with van der Waals surface area (Å²) in [5, 5.41) is 0.997. The van der Waals surface area contributed by atoms with E-state index in [9.17, 15) is 31.5 Å². The molecule has 0 amide bonds. The molecule has 3 aromatic carbocycles. The first-order chi connectivity index (χ1) is 18.6. The smallest absolute Gasteiger partial charge is 0.349 e. The molecule has 7 nitrogen and oxygen atoms in total. The SMILES string of the molecule is COc1cccc2cc(-c3cc(=O)oc4cc(C)c(OC(=O)COc5c(F)c(F)c(F)c(F)c5F)cc34)oc12. The van der Waals surface area contributed by atoms with E-state index in [0.717, 1.165) is 0 Å². The molecule has 0 atom stereocenters. The first-order valence-corrected chi connectivity index (χ1v) is 11.1. The molecule has 0 aliphatic carbocycles. The van der Waals surface area contributed by atoms with Gasteiger partial charge >= 0.3 is 11.6 Å². The molecule has 5 aromatic rings. The van der Waals surface area contributed by atoms with E-state index in [-0.39, 0.29) is 17.1 Å². The lowest BCUT2D eigenvalue weighted by atomic mass is 10.0. The number of halogens is 5. The van der Waals surface area contributed by atoms with Gasteiger partial charge in [0.2, 0.25) is 29.1 Å². The number of aryl methyl sites for hydroxylation is 1. The number of methoxy groups -OCH3 is 1. The van der Waals surface area contributed by atoms with Crippen LogP contribution >= 0.6 is 0 Å². The number of carbonyl (C=O) groups is 1. The third-order valence-electron chi connectivity index (χ3n) is 5.76. The van der Waals surface area contributed by atoms with E-state index in [1.807, 2.05) is 0 Å². The molecule has 0 saturated heterocycles. The highest BCUT2D eigenvalue weighted by molar-refractivity contribution is 5.97. The summed E-state index contributed by atoms with van der Waals surface area (Å²) in [6, 6.07) is 10.9. The summed E-state index contributed by atoms with van der Waals surface area (Å²) >= 11 is 0. The summed E-state index contributed by atoms with van der Waals surface area (Å²) in [6.45, 7) is 0.335. The number of rotatable bonds is 6. The van der Waals surface area contributed by atoms with Crippen molar-refractivity contribution in [3.8, 4) is 28.6 Å². The summed E-state index contributed by atoms with van der Waals surface area (Å²) in [4.78, 5) is 24.6. The number of para-hydroxylation sites is 1. The standard InChI is InChI=1S/C27H15F5O7/c1-11-6-17-13(14(9-19(33)38-17)18-7-12-4-3-5-15(35-2)26(12)39-18)8-16(11)37-20(34)10-36-27-24(31)22(29)21(28)23(30)25(27)32/h3-9H,10H2,1-2H3. The fourth-order valence-electron chi connectivity index (χ4n) is 3.93. The lowest BCUT2D eigenvalue weighted by molar-refractivity contribution is -0.136. The second-order valence-electron chi connectivity index (χ2n) is 8.24. The Morgan fingerprint density at radius 2 is 1.56 bits per heavy atom. The number of hydrogen-bond acceptors (Lipinski definition) is 7. The van der Waals surface area contributed by atoms with E-state index in [0.29, 0.717) is 33.2 Å². The molecule has 0 aliphatic rings. The Morgan fingerprint density at radius 1 is 0.872 bits per heavy atom. The Bertz CT molecular complexity index is 1810. The number of fused-ring (bicyclic) bond motifs is 2. The van der Waals surface area contributed by atoms with Crippen molar-refractivity contribution in [2.24, 2.45) is 0 Å². The predicted octanol–water partition coefficient (Wildman–Crippen LogP) is 6.20. The molecule has 0 N–H and O–H groups in total. The van der Waals surface area contributed by atoms with Gasteiger partial charge in [0.05, 0.1) is 7.11 Å². The second-order valence-corrected chi connectivity index (χ2v) is 8.24. The molecule has 200 valence electrons. The van der Waals surface area contributed by atoms with Crippen molar-refractivity contribution < 1.29 is 49.8 Å². The van der Waals surface area contributed by atoms with Crippen LogP contribution in [-0.2, 0) is 4.79 Å². The molecule has 0 bridgehead atoms. The number of furan rings is 1. The van der Waals surface area contributed by atoms with Gasteiger partial charge in [-0.1, -0.05) is 12.1 Å². The predicted molar refractivity (Wildman–Crippen MR) is 126 cm³/mol. The van der Waals surface area contributed by atoms with Crippen LogP contribution in [0, 0.1) is 36.0 Å².